The molecule has 2 fully saturated rings. The topological polar surface area (TPSA) is 214 Å². The van der Waals surface area contributed by atoms with Gasteiger partial charge >= 0.3 is 0 Å². The summed E-state index contributed by atoms with van der Waals surface area (Å²) in [4.78, 5) is 71.8. The second-order valence-electron chi connectivity index (χ2n) is 12.9. The smallest absolute Gasteiger partial charge is 0.235 e. The SMILES string of the molecule is CN(C)c1cc(CCc2ccc(F)cc2)c(O)c2c1C[C@@]1(N)C[C@@]3(N)[C@H](N(C)C)C(=O)C(C(N)=O)C(=O)[C@@]3(C#N)C(=O)C1C2=O. The molecule has 2 aromatic rings. The highest BCUT2D eigenvalue weighted by molar-refractivity contribution is 6.33. The lowest BCUT2D eigenvalue weighted by atomic mass is 9.42. The van der Waals surface area contributed by atoms with Gasteiger partial charge in [-0.15, -0.1) is 0 Å². The normalized spacial score (nSPS) is 30.8. The lowest BCUT2D eigenvalue weighted by molar-refractivity contribution is -0.166. The quantitative estimate of drug-likeness (QED) is 0.311. The Labute approximate surface area is 258 Å². The Kier molecular flexibility index (Phi) is 7.47. The van der Waals surface area contributed by atoms with E-state index < -0.39 is 75.6 Å². The summed E-state index contributed by atoms with van der Waals surface area (Å²) in [7, 11) is 6.36. The van der Waals surface area contributed by atoms with Gasteiger partial charge in [-0.3, -0.25) is 28.9 Å². The highest BCUT2D eigenvalue weighted by Gasteiger charge is 2.78. The van der Waals surface area contributed by atoms with E-state index in [4.69, 9.17) is 17.2 Å². The van der Waals surface area contributed by atoms with Gasteiger partial charge in [0.1, 0.15) is 17.5 Å². The van der Waals surface area contributed by atoms with Gasteiger partial charge in [-0.1, -0.05) is 12.1 Å². The number of nitrogens with two attached hydrogens (primary N) is 3. The number of Topliss-reactive ketones (excluding diaryl/α,β-unsaturated/α-hetero) is 4. The number of ketones is 4. The highest BCUT2D eigenvalue weighted by atomic mass is 19.1. The van der Waals surface area contributed by atoms with Crippen molar-refractivity contribution in [2.24, 2.45) is 34.5 Å². The van der Waals surface area contributed by atoms with Gasteiger partial charge in [-0.2, -0.15) is 5.26 Å². The minimum absolute atomic E-state index is 0.161. The molecule has 2 aromatic carbocycles. The third-order valence-corrected chi connectivity index (χ3v) is 9.72. The van der Waals surface area contributed by atoms with Crippen molar-refractivity contribution < 1.29 is 33.5 Å². The van der Waals surface area contributed by atoms with Gasteiger partial charge in [0, 0.05) is 25.3 Å². The van der Waals surface area contributed by atoms with Crippen LogP contribution in [-0.2, 0) is 38.4 Å². The summed E-state index contributed by atoms with van der Waals surface area (Å²) in [5.74, 6) is -10.5. The number of nitriles is 1. The first-order valence-corrected chi connectivity index (χ1v) is 14.4. The van der Waals surface area contributed by atoms with Crippen molar-refractivity contribution in [3.63, 3.8) is 0 Å². The molecule has 0 bridgehead atoms. The second-order valence-corrected chi connectivity index (χ2v) is 12.9. The van der Waals surface area contributed by atoms with E-state index in [1.54, 1.807) is 43.3 Å². The summed E-state index contributed by atoms with van der Waals surface area (Å²) < 4.78 is 13.4. The molecule has 0 aliphatic heterocycles. The van der Waals surface area contributed by atoms with Crippen LogP contribution in [0.5, 0.6) is 5.75 Å². The van der Waals surface area contributed by atoms with Crippen LogP contribution in [0, 0.1) is 34.4 Å². The molecule has 0 saturated heterocycles. The van der Waals surface area contributed by atoms with Crippen LogP contribution in [-0.4, -0.2) is 84.4 Å². The lowest BCUT2D eigenvalue weighted by Gasteiger charge is -2.60. The third kappa shape index (κ3) is 4.31. The molecule has 1 amide bonds. The van der Waals surface area contributed by atoms with Gasteiger partial charge in [0.25, 0.3) is 0 Å². The molecule has 0 spiro atoms. The number of rotatable bonds is 6. The average molecular weight is 619 g/mol. The number of amides is 1. The van der Waals surface area contributed by atoms with Crippen LogP contribution in [0.1, 0.15) is 33.5 Å². The largest absolute Gasteiger partial charge is 0.507 e. The van der Waals surface area contributed by atoms with E-state index in [2.05, 4.69) is 0 Å². The highest BCUT2D eigenvalue weighted by Crippen LogP contribution is 2.57. The molecule has 3 aliphatic carbocycles. The molecule has 0 aromatic heterocycles. The Hall–Kier alpha value is -4.51. The molecule has 45 heavy (non-hydrogen) atoms. The van der Waals surface area contributed by atoms with E-state index in [9.17, 15) is 38.7 Å². The number of nitrogens with zero attached hydrogens (tertiary/aromatic N) is 3. The number of aryl methyl sites for hydroxylation is 2. The van der Waals surface area contributed by atoms with Crippen LogP contribution in [0.2, 0.25) is 0 Å². The van der Waals surface area contributed by atoms with Crippen LogP contribution in [0.3, 0.4) is 0 Å². The first kappa shape index (κ1) is 31.9. The zero-order valence-corrected chi connectivity index (χ0v) is 25.4. The number of phenolic OH excluding ortho intramolecular Hbond substituents is 1. The molecule has 7 N–H and O–H groups in total. The van der Waals surface area contributed by atoms with E-state index in [1.165, 1.54) is 31.1 Å². The zero-order valence-electron chi connectivity index (χ0n) is 25.4. The number of carbonyl (C=O) groups is 5. The number of likely N-dealkylation sites (N-methyl/N-ethyl adjacent to an activating group) is 1. The van der Waals surface area contributed by atoms with E-state index in [0.29, 0.717) is 23.2 Å². The Morgan fingerprint density at radius 1 is 1.07 bits per heavy atom. The lowest BCUT2D eigenvalue weighted by Crippen LogP contribution is -2.85. The van der Waals surface area contributed by atoms with Crippen LogP contribution in [0.4, 0.5) is 10.1 Å². The summed E-state index contributed by atoms with van der Waals surface area (Å²) in [6.07, 6.45) is 0.00466. The molecule has 5 rings (SSSR count). The van der Waals surface area contributed by atoms with Gasteiger partial charge in [-0.05, 0) is 74.7 Å². The van der Waals surface area contributed by atoms with Crippen LogP contribution in [0.25, 0.3) is 0 Å². The second kappa shape index (κ2) is 10.5. The Bertz CT molecular complexity index is 1720. The maximum absolute atomic E-state index is 14.6. The number of aromatic hydroxyl groups is 1. The summed E-state index contributed by atoms with van der Waals surface area (Å²) in [6.45, 7) is 0. The van der Waals surface area contributed by atoms with Gasteiger partial charge in [-0.25, -0.2) is 4.39 Å². The maximum atomic E-state index is 14.6. The van der Waals surface area contributed by atoms with Crippen molar-refractivity contribution in [3.05, 3.63) is 58.4 Å². The van der Waals surface area contributed by atoms with Crippen molar-refractivity contribution in [3.8, 4) is 11.8 Å². The van der Waals surface area contributed by atoms with E-state index in [0.717, 1.165) is 5.56 Å². The summed E-state index contributed by atoms with van der Waals surface area (Å²) in [6, 6.07) is 7.80. The number of primary amides is 1. The molecule has 0 radical (unpaired) electrons. The molecule has 0 heterocycles. The maximum Gasteiger partial charge on any atom is 0.235 e. The van der Waals surface area contributed by atoms with Crippen LogP contribution >= 0.6 is 0 Å². The van der Waals surface area contributed by atoms with E-state index in [-0.39, 0.29) is 24.2 Å². The van der Waals surface area contributed by atoms with Crippen LogP contribution < -0.4 is 22.1 Å². The molecule has 2 saturated carbocycles. The minimum Gasteiger partial charge on any atom is -0.507 e. The molecular weight excluding hydrogens is 583 g/mol. The molecular formula is C32H35FN6O6. The summed E-state index contributed by atoms with van der Waals surface area (Å²) in [5.41, 5.74) is 14.3. The molecule has 6 atom stereocenters. The number of halogens is 1. The van der Waals surface area contributed by atoms with Crippen molar-refractivity contribution in [2.45, 2.75) is 42.8 Å². The van der Waals surface area contributed by atoms with Gasteiger partial charge < -0.3 is 27.2 Å². The fourth-order valence-electron chi connectivity index (χ4n) is 7.83. The first-order chi connectivity index (χ1) is 21.0. The number of anilines is 1. The Morgan fingerprint density at radius 2 is 1.69 bits per heavy atom. The molecule has 3 aliphatic rings. The Morgan fingerprint density at radius 3 is 2.22 bits per heavy atom. The number of carbonyl (C=O) groups excluding carboxylic acids is 5. The van der Waals surface area contributed by atoms with Crippen molar-refractivity contribution in [1.29, 1.82) is 5.26 Å². The minimum atomic E-state index is -2.81. The standard InChI is InChI=1S/C32H35FN6O6/c1-38(2)19-11-16(8-5-15-6-9-17(33)10-7-15)23(40)20-18(19)12-30(36)13-32(37)26(39(3)4)25(42)21(29(35)45)27(43)31(32,14-34)28(44)22(30)24(20)41/h6-7,9-11,21-22,26,40H,5,8,12-13,36-37H2,1-4H3,(H2,35,45)/t21?,22?,26-,30-,31+,32-/m1/s1. The van der Waals surface area contributed by atoms with Crippen LogP contribution in [0.15, 0.2) is 30.3 Å². The number of hydrogen-bond donors (Lipinski definition) is 4. The molecule has 2 unspecified atom stereocenters. The summed E-state index contributed by atoms with van der Waals surface area (Å²) >= 11 is 0. The molecule has 236 valence electrons. The first-order valence-electron chi connectivity index (χ1n) is 14.4. The number of phenols is 1. The van der Waals surface area contributed by atoms with E-state index in [1.807, 2.05) is 0 Å². The van der Waals surface area contributed by atoms with Crippen molar-refractivity contribution in [1.82, 2.24) is 4.90 Å². The van der Waals surface area contributed by atoms with Crippen molar-refractivity contribution >= 4 is 34.7 Å². The molecule has 13 heteroatoms. The number of hydrogen-bond acceptors (Lipinski definition) is 11. The predicted molar refractivity (Wildman–Crippen MR) is 159 cm³/mol. The fourth-order valence-corrected chi connectivity index (χ4v) is 7.83. The number of fused-ring (bicyclic) bond motifs is 3. The van der Waals surface area contributed by atoms with Crippen molar-refractivity contribution in [2.75, 3.05) is 33.1 Å². The van der Waals surface area contributed by atoms with E-state index >= 15 is 0 Å². The molecule has 12 nitrogen and oxygen atoms in total. The monoisotopic (exact) mass is 618 g/mol. The zero-order chi connectivity index (χ0) is 33.4. The van der Waals surface area contributed by atoms with Gasteiger partial charge in [0.2, 0.25) is 5.91 Å². The van der Waals surface area contributed by atoms with Gasteiger partial charge in [0.15, 0.2) is 34.5 Å². The Balaban J connectivity index is 1.69. The fraction of sp³-hybridized carbons (Fsp3) is 0.438. The van der Waals surface area contributed by atoms with Gasteiger partial charge in [0.05, 0.1) is 23.2 Å². The summed E-state index contributed by atoms with van der Waals surface area (Å²) in [5, 5.41) is 22.0. The predicted octanol–water partition coefficient (Wildman–Crippen LogP) is -0.201. The number of benzene rings is 2. The third-order valence-electron chi connectivity index (χ3n) is 9.72. The average Bonchev–Trinajstić information content (AvgIpc) is 2.92.